The lowest BCUT2D eigenvalue weighted by Crippen LogP contribution is -2.19. The normalized spacial score (nSPS) is 11.1. The molecule has 0 aliphatic carbocycles. The van der Waals surface area contributed by atoms with Crippen LogP contribution in [-0.2, 0) is 17.0 Å². The molecule has 0 atom stereocenters. The summed E-state index contributed by atoms with van der Waals surface area (Å²) in [6.45, 7) is 4.20. The number of carbonyl (C=O) groups is 1. The average Bonchev–Trinajstić information content (AvgIpc) is 3.20. The summed E-state index contributed by atoms with van der Waals surface area (Å²) < 4.78 is 1.69. The first kappa shape index (κ1) is 21.5. The summed E-state index contributed by atoms with van der Waals surface area (Å²) in [5.41, 5.74) is 7.29. The van der Waals surface area contributed by atoms with E-state index in [2.05, 4.69) is 71.0 Å². The van der Waals surface area contributed by atoms with Gasteiger partial charge in [-0.05, 0) is 30.0 Å². The Hall–Kier alpha value is -2.16. The lowest BCUT2D eigenvalue weighted by atomic mass is 10.1. The van der Waals surface area contributed by atoms with Gasteiger partial charge in [-0.15, -0.1) is 10.2 Å². The van der Waals surface area contributed by atoms with E-state index in [4.69, 9.17) is 0 Å². The number of aromatic nitrogens is 2. The van der Waals surface area contributed by atoms with Crippen molar-refractivity contribution < 1.29 is 4.79 Å². The Morgan fingerprint density at radius 1 is 1.03 bits per heavy atom. The van der Waals surface area contributed by atoms with Crippen molar-refractivity contribution in [1.82, 2.24) is 15.6 Å². The number of hydrazone groups is 1. The fourth-order valence-electron chi connectivity index (χ4n) is 2.32. The molecule has 29 heavy (non-hydrogen) atoms. The van der Waals surface area contributed by atoms with Gasteiger partial charge in [0.2, 0.25) is 0 Å². The van der Waals surface area contributed by atoms with Crippen LogP contribution in [0.5, 0.6) is 0 Å². The van der Waals surface area contributed by atoms with Gasteiger partial charge in [0.15, 0.2) is 8.68 Å². The van der Waals surface area contributed by atoms with Crippen LogP contribution in [0.3, 0.4) is 0 Å². The van der Waals surface area contributed by atoms with Gasteiger partial charge in [-0.25, -0.2) is 5.43 Å². The van der Waals surface area contributed by atoms with Crippen LogP contribution in [0, 0.1) is 6.92 Å². The highest BCUT2D eigenvalue weighted by Crippen LogP contribution is 2.30. The fraction of sp³-hybridized carbons (Fsp3) is 0.238. The number of hydrogen-bond donors (Lipinski definition) is 1. The quantitative estimate of drug-likeness (QED) is 0.289. The molecule has 1 aromatic heterocycles. The van der Waals surface area contributed by atoms with E-state index in [1.54, 1.807) is 18.0 Å². The summed E-state index contributed by atoms with van der Waals surface area (Å²) in [4.78, 5) is 12.0. The van der Waals surface area contributed by atoms with E-state index in [1.807, 2.05) is 12.1 Å². The summed E-state index contributed by atoms with van der Waals surface area (Å²) in [5.74, 6) is 0.942. The second kappa shape index (κ2) is 11.1. The van der Waals surface area contributed by atoms with Crippen molar-refractivity contribution in [3.63, 3.8) is 0 Å². The summed E-state index contributed by atoms with van der Waals surface area (Å²) in [6, 6.07) is 16.6. The molecule has 0 unspecified atom stereocenters. The molecule has 3 aromatic rings. The topological polar surface area (TPSA) is 67.2 Å². The predicted molar refractivity (Wildman–Crippen MR) is 123 cm³/mol. The molecule has 150 valence electrons. The van der Waals surface area contributed by atoms with Crippen LogP contribution in [0.15, 0.2) is 62.3 Å². The maximum Gasteiger partial charge on any atom is 0.250 e. The van der Waals surface area contributed by atoms with Gasteiger partial charge < -0.3 is 0 Å². The lowest BCUT2D eigenvalue weighted by molar-refractivity contribution is -0.118. The molecule has 1 amide bonds. The molecule has 0 radical (unpaired) electrons. The molecule has 5 nitrogen and oxygen atoms in total. The maximum absolute atomic E-state index is 12.0. The zero-order valence-electron chi connectivity index (χ0n) is 16.3. The summed E-state index contributed by atoms with van der Waals surface area (Å²) in [7, 11) is 0. The van der Waals surface area contributed by atoms with E-state index in [0.717, 1.165) is 26.4 Å². The lowest BCUT2D eigenvalue weighted by Gasteiger charge is -1.99. The third-order valence-corrected chi connectivity index (χ3v) is 7.25. The average molecular weight is 443 g/mol. The third kappa shape index (κ3) is 7.30. The van der Waals surface area contributed by atoms with E-state index in [-0.39, 0.29) is 11.7 Å². The Morgan fingerprint density at radius 3 is 2.38 bits per heavy atom. The molecule has 1 heterocycles. The molecule has 3 rings (SSSR count). The number of nitrogens with one attached hydrogen (secondary N) is 1. The highest BCUT2D eigenvalue weighted by Gasteiger charge is 2.08. The number of nitrogens with zero attached hydrogens (tertiary/aromatic N) is 3. The van der Waals surface area contributed by atoms with E-state index in [9.17, 15) is 4.79 Å². The van der Waals surface area contributed by atoms with Crippen molar-refractivity contribution in [2.45, 2.75) is 34.7 Å². The molecule has 0 spiro atoms. The minimum atomic E-state index is -0.166. The molecular weight excluding hydrogens is 420 g/mol. The standard InChI is InChI=1S/C21H22N4OS3/c1-3-16-8-10-17(11-9-16)12-22-23-19(26)14-28-21-25-24-20(29-21)27-13-18-6-4-15(2)5-7-18/h4-12H,3,13-14H2,1-2H3,(H,23,26). The van der Waals surface area contributed by atoms with Gasteiger partial charge in [-0.2, -0.15) is 5.10 Å². The van der Waals surface area contributed by atoms with Gasteiger partial charge in [-0.3, -0.25) is 4.79 Å². The first-order chi connectivity index (χ1) is 14.1. The predicted octanol–water partition coefficient (Wildman–Crippen LogP) is 4.94. The first-order valence-electron chi connectivity index (χ1n) is 9.18. The van der Waals surface area contributed by atoms with Gasteiger partial charge in [0.05, 0.1) is 12.0 Å². The smallest absolute Gasteiger partial charge is 0.250 e. The van der Waals surface area contributed by atoms with Crippen molar-refractivity contribution in [1.29, 1.82) is 0 Å². The van der Waals surface area contributed by atoms with Crippen LogP contribution in [0.25, 0.3) is 0 Å². The number of carbonyl (C=O) groups excluding carboxylic acids is 1. The Labute approximate surface area is 183 Å². The number of thioether (sulfide) groups is 2. The van der Waals surface area contributed by atoms with Crippen LogP contribution in [0.4, 0.5) is 0 Å². The Kier molecular flexibility index (Phi) is 8.27. The van der Waals surface area contributed by atoms with E-state index >= 15 is 0 Å². The maximum atomic E-state index is 12.0. The SMILES string of the molecule is CCc1ccc(C=NNC(=O)CSc2nnc(SCc3ccc(C)cc3)s2)cc1. The Bertz CT molecular complexity index is 953. The van der Waals surface area contributed by atoms with Gasteiger partial charge in [0, 0.05) is 5.75 Å². The summed E-state index contributed by atoms with van der Waals surface area (Å²) >= 11 is 4.53. The van der Waals surface area contributed by atoms with Crippen LogP contribution in [-0.4, -0.2) is 28.1 Å². The molecule has 0 bridgehead atoms. The largest absolute Gasteiger partial charge is 0.272 e. The van der Waals surface area contributed by atoms with Gasteiger partial charge in [-0.1, -0.05) is 95.9 Å². The van der Waals surface area contributed by atoms with E-state index < -0.39 is 0 Å². The number of benzene rings is 2. The van der Waals surface area contributed by atoms with Crippen LogP contribution in [0.1, 0.15) is 29.2 Å². The third-order valence-electron chi connectivity index (χ3n) is 3.99. The Balaban J connectivity index is 1.39. The van der Waals surface area contributed by atoms with Crippen LogP contribution in [0.2, 0.25) is 0 Å². The molecule has 0 aliphatic heterocycles. The highest BCUT2D eigenvalue weighted by atomic mass is 32.2. The zero-order chi connectivity index (χ0) is 20.5. The van der Waals surface area contributed by atoms with Crippen molar-refractivity contribution in [3.8, 4) is 0 Å². The van der Waals surface area contributed by atoms with Gasteiger partial charge in [0.1, 0.15) is 0 Å². The molecule has 0 saturated heterocycles. The molecule has 0 saturated carbocycles. The number of amides is 1. The number of hydrogen-bond acceptors (Lipinski definition) is 7. The minimum absolute atomic E-state index is 0.166. The van der Waals surface area contributed by atoms with E-state index in [0.29, 0.717) is 0 Å². The van der Waals surface area contributed by atoms with Gasteiger partial charge >= 0.3 is 0 Å². The van der Waals surface area contributed by atoms with Crippen molar-refractivity contribution in [3.05, 3.63) is 70.8 Å². The molecule has 8 heteroatoms. The summed E-state index contributed by atoms with van der Waals surface area (Å²) in [5, 5.41) is 12.4. The highest BCUT2D eigenvalue weighted by molar-refractivity contribution is 8.03. The number of aryl methyl sites for hydroxylation is 2. The number of rotatable bonds is 9. The van der Waals surface area contributed by atoms with Crippen molar-refractivity contribution in [2.24, 2.45) is 5.10 Å². The molecule has 0 fully saturated rings. The second-order valence-electron chi connectivity index (χ2n) is 6.29. The molecule has 0 aliphatic rings. The fourth-order valence-corrected chi connectivity index (χ4v) is 5.09. The second-order valence-corrected chi connectivity index (χ2v) is 9.71. The zero-order valence-corrected chi connectivity index (χ0v) is 18.7. The molecule has 1 N–H and O–H groups in total. The van der Waals surface area contributed by atoms with Crippen LogP contribution < -0.4 is 5.43 Å². The van der Waals surface area contributed by atoms with E-state index in [1.165, 1.54) is 39.8 Å². The monoisotopic (exact) mass is 442 g/mol. The Morgan fingerprint density at radius 2 is 1.69 bits per heavy atom. The van der Waals surface area contributed by atoms with Crippen molar-refractivity contribution in [2.75, 3.05) is 5.75 Å². The summed E-state index contributed by atoms with van der Waals surface area (Å²) in [6.07, 6.45) is 2.65. The molecular formula is C21H22N4OS3. The van der Waals surface area contributed by atoms with Crippen molar-refractivity contribution >= 4 is 47.0 Å². The first-order valence-corrected chi connectivity index (χ1v) is 12.0. The molecule has 2 aromatic carbocycles. The van der Waals surface area contributed by atoms with Crippen LogP contribution >= 0.6 is 34.9 Å². The minimum Gasteiger partial charge on any atom is -0.272 e. The van der Waals surface area contributed by atoms with Gasteiger partial charge in [0.25, 0.3) is 5.91 Å².